The summed E-state index contributed by atoms with van der Waals surface area (Å²) in [6.07, 6.45) is 4.20. The molecule has 0 spiro atoms. The van der Waals surface area contributed by atoms with Gasteiger partial charge in [-0.05, 0) is 24.0 Å². The standard InChI is InChI=1S/C15H20FNO3/c1-5-7-11-8-12(16)14(18)17(9-11)13(10(3)6-2)15(19)20-4/h5,8-10,13H,1,6-7H2,2-4H3. The van der Waals surface area contributed by atoms with Gasteiger partial charge in [-0.2, -0.15) is 0 Å². The van der Waals surface area contributed by atoms with Gasteiger partial charge in [-0.25, -0.2) is 9.18 Å². The number of hydrogen-bond acceptors (Lipinski definition) is 3. The smallest absolute Gasteiger partial charge is 0.329 e. The van der Waals surface area contributed by atoms with Crippen LogP contribution in [-0.2, 0) is 16.0 Å². The summed E-state index contributed by atoms with van der Waals surface area (Å²) in [4.78, 5) is 23.9. The molecule has 1 aromatic rings. The van der Waals surface area contributed by atoms with E-state index in [0.717, 1.165) is 4.57 Å². The van der Waals surface area contributed by atoms with Gasteiger partial charge < -0.3 is 4.74 Å². The average Bonchev–Trinajstić information content (AvgIpc) is 2.43. The van der Waals surface area contributed by atoms with E-state index in [4.69, 9.17) is 4.74 Å². The van der Waals surface area contributed by atoms with Gasteiger partial charge in [-0.15, -0.1) is 6.58 Å². The highest BCUT2D eigenvalue weighted by atomic mass is 19.1. The average molecular weight is 281 g/mol. The minimum atomic E-state index is -0.874. The summed E-state index contributed by atoms with van der Waals surface area (Å²) in [5.41, 5.74) is -0.220. The summed E-state index contributed by atoms with van der Waals surface area (Å²) in [5.74, 6) is -1.56. The van der Waals surface area contributed by atoms with E-state index < -0.39 is 23.4 Å². The first-order chi connectivity index (χ1) is 9.46. The van der Waals surface area contributed by atoms with E-state index in [9.17, 15) is 14.0 Å². The van der Waals surface area contributed by atoms with Crippen LogP contribution in [0.4, 0.5) is 4.39 Å². The van der Waals surface area contributed by atoms with Crippen LogP contribution >= 0.6 is 0 Å². The topological polar surface area (TPSA) is 48.3 Å². The first kappa shape index (κ1) is 16.1. The molecule has 0 saturated carbocycles. The fourth-order valence-electron chi connectivity index (χ4n) is 2.07. The Morgan fingerprint density at radius 2 is 2.25 bits per heavy atom. The number of esters is 1. The second-order valence-corrected chi connectivity index (χ2v) is 4.76. The maximum absolute atomic E-state index is 13.7. The highest BCUT2D eigenvalue weighted by molar-refractivity contribution is 5.74. The molecular formula is C15H20FNO3. The van der Waals surface area contributed by atoms with Crippen molar-refractivity contribution in [3.8, 4) is 0 Å². The molecule has 0 fully saturated rings. The molecule has 0 saturated heterocycles. The van der Waals surface area contributed by atoms with Crippen molar-refractivity contribution in [1.29, 1.82) is 0 Å². The highest BCUT2D eigenvalue weighted by Crippen LogP contribution is 2.22. The Kier molecular flexibility index (Phi) is 5.67. The van der Waals surface area contributed by atoms with Crippen LogP contribution in [0.5, 0.6) is 0 Å². The van der Waals surface area contributed by atoms with E-state index in [1.165, 1.54) is 19.4 Å². The second kappa shape index (κ2) is 7.03. The van der Waals surface area contributed by atoms with Crippen molar-refractivity contribution in [3.63, 3.8) is 0 Å². The van der Waals surface area contributed by atoms with Gasteiger partial charge in [0.1, 0.15) is 6.04 Å². The van der Waals surface area contributed by atoms with Crippen molar-refractivity contribution in [1.82, 2.24) is 4.57 Å². The summed E-state index contributed by atoms with van der Waals surface area (Å²) in [5, 5.41) is 0. The van der Waals surface area contributed by atoms with Gasteiger partial charge in [0.15, 0.2) is 5.82 Å². The third kappa shape index (κ3) is 3.35. The van der Waals surface area contributed by atoms with E-state index in [0.29, 0.717) is 18.4 Å². The number of ether oxygens (including phenoxy) is 1. The number of aromatic nitrogens is 1. The van der Waals surface area contributed by atoms with Crippen molar-refractivity contribution in [3.05, 3.63) is 46.7 Å². The van der Waals surface area contributed by atoms with Crippen LogP contribution in [0.15, 0.2) is 29.7 Å². The van der Waals surface area contributed by atoms with Crippen molar-refractivity contribution in [2.75, 3.05) is 7.11 Å². The summed E-state index contributed by atoms with van der Waals surface area (Å²) in [6, 6.07) is 0.350. The lowest BCUT2D eigenvalue weighted by Gasteiger charge is -2.23. The number of methoxy groups -OCH3 is 1. The maximum atomic E-state index is 13.7. The molecule has 110 valence electrons. The zero-order chi connectivity index (χ0) is 15.3. The molecule has 0 bridgehead atoms. The van der Waals surface area contributed by atoms with E-state index >= 15 is 0 Å². The van der Waals surface area contributed by atoms with Crippen LogP contribution < -0.4 is 5.56 Å². The molecule has 1 rings (SSSR count). The van der Waals surface area contributed by atoms with Crippen molar-refractivity contribution in [2.24, 2.45) is 5.92 Å². The largest absolute Gasteiger partial charge is 0.467 e. The fraction of sp³-hybridized carbons (Fsp3) is 0.467. The first-order valence-corrected chi connectivity index (χ1v) is 6.55. The van der Waals surface area contributed by atoms with Gasteiger partial charge >= 0.3 is 5.97 Å². The first-order valence-electron chi connectivity index (χ1n) is 6.55. The number of carbonyl (C=O) groups excluding carboxylic acids is 1. The predicted molar refractivity (Wildman–Crippen MR) is 75.1 cm³/mol. The van der Waals surface area contributed by atoms with Crippen LogP contribution in [0.2, 0.25) is 0 Å². The molecule has 1 aromatic heterocycles. The number of carbonyl (C=O) groups is 1. The van der Waals surface area contributed by atoms with Crippen LogP contribution in [0.3, 0.4) is 0 Å². The minimum absolute atomic E-state index is 0.140. The quantitative estimate of drug-likeness (QED) is 0.594. The van der Waals surface area contributed by atoms with E-state index in [1.807, 2.05) is 13.8 Å². The van der Waals surface area contributed by atoms with Crippen molar-refractivity contribution >= 4 is 5.97 Å². The van der Waals surface area contributed by atoms with E-state index in [-0.39, 0.29) is 5.92 Å². The highest BCUT2D eigenvalue weighted by Gasteiger charge is 2.28. The lowest BCUT2D eigenvalue weighted by Crippen LogP contribution is -2.35. The minimum Gasteiger partial charge on any atom is -0.467 e. The van der Waals surface area contributed by atoms with Gasteiger partial charge in [0.05, 0.1) is 7.11 Å². The number of pyridine rings is 1. The monoisotopic (exact) mass is 281 g/mol. The van der Waals surface area contributed by atoms with Gasteiger partial charge in [-0.3, -0.25) is 9.36 Å². The summed E-state index contributed by atoms with van der Waals surface area (Å²) >= 11 is 0. The van der Waals surface area contributed by atoms with E-state index in [1.54, 1.807) is 6.08 Å². The van der Waals surface area contributed by atoms with E-state index in [2.05, 4.69) is 6.58 Å². The molecule has 0 amide bonds. The molecule has 2 unspecified atom stereocenters. The second-order valence-electron chi connectivity index (χ2n) is 4.76. The molecule has 5 heteroatoms. The SMILES string of the molecule is C=CCc1cc(F)c(=O)n(C(C(=O)OC)C(C)CC)c1. The normalized spacial score (nSPS) is 13.6. The zero-order valence-electron chi connectivity index (χ0n) is 12.1. The Balaban J connectivity index is 3.42. The Hall–Kier alpha value is -1.91. The molecule has 4 nitrogen and oxygen atoms in total. The molecule has 1 heterocycles. The van der Waals surface area contributed by atoms with Crippen molar-refractivity contribution in [2.45, 2.75) is 32.7 Å². The Labute approximate surface area is 117 Å². The Morgan fingerprint density at radius 1 is 1.60 bits per heavy atom. The number of nitrogens with zero attached hydrogens (tertiary/aromatic N) is 1. The molecule has 0 aliphatic carbocycles. The van der Waals surface area contributed by atoms with Gasteiger partial charge in [0.2, 0.25) is 0 Å². The molecule has 0 radical (unpaired) electrons. The van der Waals surface area contributed by atoms with Crippen LogP contribution in [0.1, 0.15) is 31.9 Å². The number of halogens is 1. The van der Waals surface area contributed by atoms with Crippen LogP contribution in [0.25, 0.3) is 0 Å². The Bertz CT molecular complexity index is 551. The summed E-state index contributed by atoms with van der Waals surface area (Å²) < 4.78 is 19.6. The third-order valence-electron chi connectivity index (χ3n) is 3.36. The molecule has 0 aliphatic heterocycles. The van der Waals surface area contributed by atoms with Gasteiger partial charge in [0.25, 0.3) is 5.56 Å². The van der Waals surface area contributed by atoms with Crippen LogP contribution in [0, 0.1) is 11.7 Å². The zero-order valence-corrected chi connectivity index (χ0v) is 12.1. The Morgan fingerprint density at radius 3 is 2.75 bits per heavy atom. The predicted octanol–water partition coefficient (Wildman–Crippen LogP) is 2.48. The number of hydrogen-bond donors (Lipinski definition) is 0. The number of allylic oxidation sites excluding steroid dienone is 1. The van der Waals surface area contributed by atoms with Crippen LogP contribution in [-0.4, -0.2) is 17.6 Å². The molecule has 0 N–H and O–H groups in total. The fourth-order valence-corrected chi connectivity index (χ4v) is 2.07. The summed E-state index contributed by atoms with van der Waals surface area (Å²) in [7, 11) is 1.26. The maximum Gasteiger partial charge on any atom is 0.329 e. The lowest BCUT2D eigenvalue weighted by molar-refractivity contribution is -0.146. The molecular weight excluding hydrogens is 261 g/mol. The molecule has 2 atom stereocenters. The third-order valence-corrected chi connectivity index (χ3v) is 3.36. The molecule has 20 heavy (non-hydrogen) atoms. The summed E-state index contributed by atoms with van der Waals surface area (Å²) in [6.45, 7) is 7.31. The lowest BCUT2D eigenvalue weighted by atomic mass is 9.98. The van der Waals surface area contributed by atoms with Crippen molar-refractivity contribution < 1.29 is 13.9 Å². The number of rotatable bonds is 6. The van der Waals surface area contributed by atoms with Gasteiger partial charge in [-0.1, -0.05) is 26.3 Å². The molecule has 0 aliphatic rings. The van der Waals surface area contributed by atoms with Gasteiger partial charge in [0, 0.05) is 6.20 Å². The molecule has 0 aromatic carbocycles.